The Morgan fingerprint density at radius 2 is 2.10 bits per heavy atom. The molecule has 6 nitrogen and oxygen atoms in total. The van der Waals surface area contributed by atoms with Gasteiger partial charge >= 0.3 is 0 Å². The SMILES string of the molecule is Cc1cc(Cl)ccc1Nc1cnnc(N2CCOCC2)n1. The number of hydrogen-bond donors (Lipinski definition) is 1. The Bertz CT molecular complexity index is 631. The van der Waals surface area contributed by atoms with Crippen LogP contribution in [0.3, 0.4) is 0 Å². The summed E-state index contributed by atoms with van der Waals surface area (Å²) in [5.41, 5.74) is 2.00. The molecule has 0 bridgehead atoms. The van der Waals surface area contributed by atoms with Gasteiger partial charge in [-0.05, 0) is 30.7 Å². The molecule has 3 rings (SSSR count). The molecule has 21 heavy (non-hydrogen) atoms. The zero-order valence-electron chi connectivity index (χ0n) is 11.7. The van der Waals surface area contributed by atoms with Gasteiger partial charge in [-0.3, -0.25) is 0 Å². The quantitative estimate of drug-likeness (QED) is 0.939. The van der Waals surface area contributed by atoms with Crippen LogP contribution in [0, 0.1) is 6.92 Å². The summed E-state index contributed by atoms with van der Waals surface area (Å²) in [6, 6.07) is 5.67. The van der Waals surface area contributed by atoms with Crippen LogP contribution in [0.5, 0.6) is 0 Å². The topological polar surface area (TPSA) is 63.2 Å². The first kappa shape index (κ1) is 14.0. The Morgan fingerprint density at radius 3 is 2.86 bits per heavy atom. The van der Waals surface area contributed by atoms with Crippen molar-refractivity contribution < 1.29 is 4.74 Å². The number of hydrogen-bond acceptors (Lipinski definition) is 6. The van der Waals surface area contributed by atoms with Crippen molar-refractivity contribution in [2.24, 2.45) is 0 Å². The minimum Gasteiger partial charge on any atom is -0.378 e. The summed E-state index contributed by atoms with van der Waals surface area (Å²) >= 11 is 5.96. The first-order valence-corrected chi connectivity index (χ1v) is 7.16. The van der Waals surface area contributed by atoms with Crippen LogP contribution in [0.25, 0.3) is 0 Å². The van der Waals surface area contributed by atoms with Gasteiger partial charge in [-0.15, -0.1) is 5.10 Å². The Hall–Kier alpha value is -1.92. The average molecular weight is 306 g/mol. The van der Waals surface area contributed by atoms with Gasteiger partial charge in [0.05, 0.1) is 19.4 Å². The normalized spacial score (nSPS) is 15.0. The number of nitrogens with one attached hydrogen (secondary N) is 1. The van der Waals surface area contributed by atoms with Crippen molar-refractivity contribution in [1.82, 2.24) is 15.2 Å². The highest BCUT2D eigenvalue weighted by atomic mass is 35.5. The van der Waals surface area contributed by atoms with E-state index in [1.807, 2.05) is 25.1 Å². The molecule has 1 aliphatic heterocycles. The summed E-state index contributed by atoms with van der Waals surface area (Å²) in [6.45, 7) is 4.94. The molecule has 0 spiro atoms. The fourth-order valence-corrected chi connectivity index (χ4v) is 2.38. The lowest BCUT2D eigenvalue weighted by atomic mass is 10.2. The van der Waals surface area contributed by atoms with Crippen LogP contribution in [-0.2, 0) is 4.74 Å². The molecule has 0 aliphatic carbocycles. The monoisotopic (exact) mass is 305 g/mol. The van der Waals surface area contributed by atoms with E-state index in [0.29, 0.717) is 30.0 Å². The Balaban J connectivity index is 1.79. The number of nitrogens with zero attached hydrogens (tertiary/aromatic N) is 4. The van der Waals surface area contributed by atoms with Crippen molar-refractivity contribution in [3.63, 3.8) is 0 Å². The van der Waals surface area contributed by atoms with Gasteiger partial charge in [0.25, 0.3) is 0 Å². The van der Waals surface area contributed by atoms with E-state index >= 15 is 0 Å². The van der Waals surface area contributed by atoms with Gasteiger partial charge < -0.3 is 15.0 Å². The lowest BCUT2D eigenvalue weighted by molar-refractivity contribution is 0.122. The highest BCUT2D eigenvalue weighted by molar-refractivity contribution is 6.30. The molecule has 2 aromatic rings. The maximum Gasteiger partial charge on any atom is 0.247 e. The predicted molar refractivity (Wildman–Crippen MR) is 82.3 cm³/mol. The van der Waals surface area contributed by atoms with Crippen LogP contribution >= 0.6 is 11.6 Å². The number of morpholine rings is 1. The molecular formula is C14H16ClN5O. The summed E-state index contributed by atoms with van der Waals surface area (Å²) < 4.78 is 5.33. The molecule has 0 atom stereocenters. The number of anilines is 3. The molecule has 2 heterocycles. The van der Waals surface area contributed by atoms with Crippen molar-refractivity contribution >= 4 is 29.1 Å². The molecule has 110 valence electrons. The van der Waals surface area contributed by atoms with Gasteiger partial charge in [-0.2, -0.15) is 10.1 Å². The van der Waals surface area contributed by atoms with Crippen molar-refractivity contribution in [2.75, 3.05) is 36.5 Å². The van der Waals surface area contributed by atoms with Crippen LogP contribution in [0.4, 0.5) is 17.5 Å². The maximum atomic E-state index is 5.96. The van der Waals surface area contributed by atoms with Crippen LogP contribution in [0.1, 0.15) is 5.56 Å². The van der Waals surface area contributed by atoms with Crippen molar-refractivity contribution in [2.45, 2.75) is 6.92 Å². The molecule has 0 radical (unpaired) electrons. The molecule has 1 aliphatic rings. The Kier molecular flexibility index (Phi) is 4.17. The third-order valence-electron chi connectivity index (χ3n) is 3.29. The Labute approximate surface area is 128 Å². The predicted octanol–water partition coefficient (Wildman–Crippen LogP) is 2.41. The van der Waals surface area contributed by atoms with Crippen LogP contribution in [0.15, 0.2) is 24.4 Å². The molecule has 7 heteroatoms. The van der Waals surface area contributed by atoms with Crippen molar-refractivity contribution in [1.29, 1.82) is 0 Å². The summed E-state index contributed by atoms with van der Waals surface area (Å²) in [4.78, 5) is 6.57. The van der Waals surface area contributed by atoms with Gasteiger partial charge in [0.15, 0.2) is 5.82 Å². The number of rotatable bonds is 3. The number of benzene rings is 1. The molecule has 1 N–H and O–H groups in total. The standard InChI is InChI=1S/C14H16ClN5O/c1-10-8-11(15)2-3-12(10)17-13-9-16-19-14(18-13)20-4-6-21-7-5-20/h2-3,8-9H,4-7H2,1H3,(H,17,18,19). The van der Waals surface area contributed by atoms with Crippen molar-refractivity contribution in [3.8, 4) is 0 Å². The highest BCUT2D eigenvalue weighted by Crippen LogP contribution is 2.23. The van der Waals surface area contributed by atoms with Gasteiger partial charge in [-0.25, -0.2) is 0 Å². The van der Waals surface area contributed by atoms with E-state index in [2.05, 4.69) is 25.4 Å². The number of aryl methyl sites for hydroxylation is 1. The summed E-state index contributed by atoms with van der Waals surface area (Å²) in [6.07, 6.45) is 1.61. The maximum absolute atomic E-state index is 5.96. The minimum absolute atomic E-state index is 0.620. The number of aromatic nitrogens is 3. The van der Waals surface area contributed by atoms with E-state index in [1.165, 1.54) is 0 Å². The lowest BCUT2D eigenvalue weighted by Crippen LogP contribution is -2.37. The average Bonchev–Trinajstić information content (AvgIpc) is 2.51. The third-order valence-corrected chi connectivity index (χ3v) is 3.53. The van der Waals surface area contributed by atoms with E-state index in [4.69, 9.17) is 16.3 Å². The summed E-state index contributed by atoms with van der Waals surface area (Å²) in [5.74, 6) is 1.28. The van der Waals surface area contributed by atoms with E-state index in [1.54, 1.807) is 6.20 Å². The number of ether oxygens (including phenoxy) is 1. The second-order valence-electron chi connectivity index (χ2n) is 4.83. The van der Waals surface area contributed by atoms with E-state index < -0.39 is 0 Å². The van der Waals surface area contributed by atoms with Gasteiger partial charge in [-0.1, -0.05) is 11.6 Å². The van der Waals surface area contributed by atoms with Crippen molar-refractivity contribution in [3.05, 3.63) is 35.0 Å². The zero-order valence-corrected chi connectivity index (χ0v) is 12.5. The van der Waals surface area contributed by atoms with E-state index in [0.717, 1.165) is 24.3 Å². The highest BCUT2D eigenvalue weighted by Gasteiger charge is 2.14. The molecule has 1 aromatic carbocycles. The van der Waals surface area contributed by atoms with Gasteiger partial charge in [0.1, 0.15) is 0 Å². The fourth-order valence-electron chi connectivity index (χ4n) is 2.16. The molecular weight excluding hydrogens is 290 g/mol. The van der Waals surface area contributed by atoms with Crippen LogP contribution < -0.4 is 10.2 Å². The fraction of sp³-hybridized carbons (Fsp3) is 0.357. The minimum atomic E-state index is 0.620. The number of halogens is 1. The first-order valence-electron chi connectivity index (χ1n) is 6.78. The zero-order chi connectivity index (χ0) is 14.7. The van der Waals surface area contributed by atoms with Crippen LogP contribution in [-0.4, -0.2) is 41.5 Å². The molecule has 1 saturated heterocycles. The van der Waals surface area contributed by atoms with Crippen LogP contribution in [0.2, 0.25) is 5.02 Å². The first-order chi connectivity index (χ1) is 10.2. The molecule has 1 aromatic heterocycles. The summed E-state index contributed by atoms with van der Waals surface area (Å²) in [7, 11) is 0. The largest absolute Gasteiger partial charge is 0.378 e. The molecule has 0 saturated carbocycles. The summed E-state index contributed by atoms with van der Waals surface area (Å²) in [5, 5.41) is 12.1. The molecule has 0 unspecified atom stereocenters. The smallest absolute Gasteiger partial charge is 0.247 e. The lowest BCUT2D eigenvalue weighted by Gasteiger charge is -2.26. The third kappa shape index (κ3) is 3.40. The van der Waals surface area contributed by atoms with E-state index in [9.17, 15) is 0 Å². The molecule has 1 fully saturated rings. The second-order valence-corrected chi connectivity index (χ2v) is 5.26. The van der Waals surface area contributed by atoms with E-state index in [-0.39, 0.29) is 0 Å². The molecule has 0 amide bonds. The van der Waals surface area contributed by atoms with Gasteiger partial charge in [0.2, 0.25) is 5.95 Å². The second kappa shape index (κ2) is 6.24. The Morgan fingerprint density at radius 1 is 1.29 bits per heavy atom. The van der Waals surface area contributed by atoms with Gasteiger partial charge in [0, 0.05) is 23.8 Å².